The molecule has 6 rings (SSSR count). The summed E-state index contributed by atoms with van der Waals surface area (Å²) in [5.74, 6) is 0.0787. The molecule has 160 valence electrons. The maximum absolute atomic E-state index is 13.6. The van der Waals surface area contributed by atoms with E-state index in [1.807, 2.05) is 65.0 Å². The van der Waals surface area contributed by atoms with Gasteiger partial charge in [0.15, 0.2) is 0 Å². The number of nitrogens with zero attached hydrogens (tertiary/aromatic N) is 4. The summed E-state index contributed by atoms with van der Waals surface area (Å²) in [5.41, 5.74) is 2.85. The highest BCUT2D eigenvalue weighted by Crippen LogP contribution is 2.39. The van der Waals surface area contributed by atoms with Gasteiger partial charge in [-0.1, -0.05) is 23.7 Å². The number of carbonyl (C=O) groups is 1. The molecule has 1 aliphatic heterocycles. The number of benzene rings is 2. The van der Waals surface area contributed by atoms with Crippen LogP contribution in [-0.4, -0.2) is 32.1 Å². The quantitative estimate of drug-likeness (QED) is 0.292. The van der Waals surface area contributed by atoms with Gasteiger partial charge in [-0.3, -0.25) is 4.79 Å². The lowest BCUT2D eigenvalue weighted by Crippen LogP contribution is -2.29. The standard InChI is InChI=1S/C24H19ClN4OS2/c1-14-17-13-21(32-24(17)29(27-14)16-10-8-15(25)9-11-16)23(30)28-12-4-6-19(28)22-26-18-5-2-3-7-20(18)31-22/h2-3,5,7-11,13,19H,4,6,12H2,1H3. The van der Waals surface area contributed by atoms with Crippen molar-refractivity contribution in [3.63, 3.8) is 0 Å². The molecular weight excluding hydrogens is 460 g/mol. The van der Waals surface area contributed by atoms with E-state index in [4.69, 9.17) is 16.6 Å². The van der Waals surface area contributed by atoms with Crippen LogP contribution in [0.2, 0.25) is 5.02 Å². The number of likely N-dealkylation sites (tertiary alicyclic amines) is 1. The van der Waals surface area contributed by atoms with Crippen LogP contribution in [0.25, 0.3) is 26.1 Å². The van der Waals surface area contributed by atoms with Crippen molar-refractivity contribution in [1.29, 1.82) is 0 Å². The number of para-hydroxylation sites is 1. The van der Waals surface area contributed by atoms with E-state index in [0.29, 0.717) is 5.02 Å². The number of aromatic nitrogens is 3. The van der Waals surface area contributed by atoms with Crippen molar-refractivity contribution in [2.75, 3.05) is 6.54 Å². The Morgan fingerprint density at radius 2 is 1.94 bits per heavy atom. The number of amides is 1. The Balaban J connectivity index is 1.36. The average molecular weight is 479 g/mol. The summed E-state index contributed by atoms with van der Waals surface area (Å²) in [6, 6.07) is 17.8. The Labute approximate surface area is 197 Å². The third-order valence-corrected chi connectivity index (χ3v) is 8.42. The summed E-state index contributed by atoms with van der Waals surface area (Å²) in [6.45, 7) is 2.74. The lowest BCUT2D eigenvalue weighted by Gasteiger charge is -2.22. The first-order valence-electron chi connectivity index (χ1n) is 10.5. The van der Waals surface area contributed by atoms with Crippen LogP contribution >= 0.6 is 34.3 Å². The predicted octanol–water partition coefficient (Wildman–Crippen LogP) is 6.64. The molecule has 1 saturated heterocycles. The number of halogens is 1. The highest BCUT2D eigenvalue weighted by atomic mass is 35.5. The average Bonchev–Trinajstić information content (AvgIpc) is 3.57. The molecule has 0 N–H and O–H groups in total. The van der Waals surface area contributed by atoms with Gasteiger partial charge >= 0.3 is 0 Å². The van der Waals surface area contributed by atoms with E-state index in [2.05, 4.69) is 11.2 Å². The summed E-state index contributed by atoms with van der Waals surface area (Å²) in [5, 5.41) is 7.42. The predicted molar refractivity (Wildman–Crippen MR) is 131 cm³/mol. The van der Waals surface area contributed by atoms with E-state index in [1.165, 1.54) is 16.0 Å². The SMILES string of the molecule is Cc1nn(-c2ccc(Cl)cc2)c2sc(C(=O)N3CCCC3c3nc4ccccc4s3)cc12. The van der Waals surface area contributed by atoms with Gasteiger partial charge < -0.3 is 4.90 Å². The third kappa shape index (κ3) is 3.23. The van der Waals surface area contributed by atoms with Crippen LogP contribution in [-0.2, 0) is 0 Å². The smallest absolute Gasteiger partial charge is 0.264 e. The number of aryl methyl sites for hydroxylation is 1. The van der Waals surface area contributed by atoms with Crippen LogP contribution in [0.1, 0.15) is 39.3 Å². The third-order valence-electron chi connectivity index (χ3n) is 5.94. The minimum absolute atomic E-state index is 0.0407. The Morgan fingerprint density at radius 1 is 1.12 bits per heavy atom. The van der Waals surface area contributed by atoms with E-state index in [-0.39, 0.29) is 11.9 Å². The molecule has 32 heavy (non-hydrogen) atoms. The highest BCUT2D eigenvalue weighted by Gasteiger charge is 2.34. The lowest BCUT2D eigenvalue weighted by atomic mass is 10.2. The summed E-state index contributed by atoms with van der Waals surface area (Å²) in [6.07, 6.45) is 1.95. The summed E-state index contributed by atoms with van der Waals surface area (Å²) in [4.78, 5) is 22.1. The van der Waals surface area contributed by atoms with Crippen LogP contribution < -0.4 is 0 Å². The van der Waals surface area contributed by atoms with Crippen molar-refractivity contribution in [3.05, 3.63) is 75.2 Å². The van der Waals surface area contributed by atoms with Gasteiger partial charge in [-0.15, -0.1) is 22.7 Å². The molecule has 0 saturated carbocycles. The molecule has 1 unspecified atom stereocenters. The van der Waals surface area contributed by atoms with E-state index < -0.39 is 0 Å². The number of hydrogen-bond donors (Lipinski definition) is 0. The molecule has 1 fully saturated rings. The van der Waals surface area contributed by atoms with Crippen molar-refractivity contribution in [2.45, 2.75) is 25.8 Å². The molecule has 5 nitrogen and oxygen atoms in total. The van der Waals surface area contributed by atoms with Crippen molar-refractivity contribution in [3.8, 4) is 5.69 Å². The largest absolute Gasteiger partial charge is 0.328 e. The molecule has 0 aliphatic carbocycles. The van der Waals surface area contributed by atoms with Crippen molar-refractivity contribution in [2.24, 2.45) is 0 Å². The zero-order chi connectivity index (χ0) is 21.8. The first-order chi connectivity index (χ1) is 15.6. The fraction of sp³-hybridized carbons (Fsp3) is 0.208. The second-order valence-corrected chi connectivity index (χ2v) is 10.5. The molecule has 0 bridgehead atoms. The van der Waals surface area contributed by atoms with Crippen molar-refractivity contribution < 1.29 is 4.79 Å². The molecule has 5 aromatic rings. The van der Waals surface area contributed by atoms with Gasteiger partial charge in [-0.2, -0.15) is 5.10 Å². The molecule has 0 radical (unpaired) electrons. The number of hydrogen-bond acceptors (Lipinski definition) is 5. The Bertz CT molecular complexity index is 1430. The molecule has 2 aromatic carbocycles. The molecule has 4 heterocycles. The van der Waals surface area contributed by atoms with Crippen LogP contribution in [0.4, 0.5) is 0 Å². The van der Waals surface area contributed by atoms with Gasteiger partial charge in [0.1, 0.15) is 9.84 Å². The second kappa shape index (κ2) is 7.69. The van der Waals surface area contributed by atoms with E-state index >= 15 is 0 Å². The molecule has 8 heteroatoms. The minimum Gasteiger partial charge on any atom is -0.328 e. The number of thiazole rings is 1. The van der Waals surface area contributed by atoms with Crippen LogP contribution in [0.15, 0.2) is 54.6 Å². The Morgan fingerprint density at radius 3 is 2.75 bits per heavy atom. The van der Waals surface area contributed by atoms with Crippen LogP contribution in [0.5, 0.6) is 0 Å². The molecule has 1 atom stereocenters. The monoisotopic (exact) mass is 478 g/mol. The van der Waals surface area contributed by atoms with Crippen LogP contribution in [0.3, 0.4) is 0 Å². The normalized spacial score (nSPS) is 16.4. The maximum atomic E-state index is 13.6. The van der Waals surface area contributed by atoms with Gasteiger partial charge in [0, 0.05) is 17.0 Å². The summed E-state index contributed by atoms with van der Waals surface area (Å²) < 4.78 is 3.07. The van der Waals surface area contributed by atoms with Gasteiger partial charge in [-0.05, 0) is 62.2 Å². The van der Waals surface area contributed by atoms with E-state index in [0.717, 1.165) is 56.4 Å². The first kappa shape index (κ1) is 19.9. The molecule has 0 spiro atoms. The highest BCUT2D eigenvalue weighted by molar-refractivity contribution is 7.20. The van der Waals surface area contributed by atoms with Gasteiger partial charge in [0.25, 0.3) is 5.91 Å². The lowest BCUT2D eigenvalue weighted by molar-refractivity contribution is 0.0740. The first-order valence-corrected chi connectivity index (χ1v) is 12.5. The summed E-state index contributed by atoms with van der Waals surface area (Å²) >= 11 is 9.24. The minimum atomic E-state index is 0.0407. The number of thiophene rings is 1. The van der Waals surface area contributed by atoms with Crippen molar-refractivity contribution >= 4 is 60.6 Å². The van der Waals surface area contributed by atoms with E-state index in [9.17, 15) is 4.79 Å². The topological polar surface area (TPSA) is 51.0 Å². The zero-order valence-electron chi connectivity index (χ0n) is 17.3. The number of rotatable bonds is 3. The molecule has 3 aromatic heterocycles. The molecule has 1 aliphatic rings. The zero-order valence-corrected chi connectivity index (χ0v) is 19.7. The summed E-state index contributed by atoms with van der Waals surface area (Å²) in [7, 11) is 0. The fourth-order valence-corrected chi connectivity index (χ4v) is 6.73. The Hall–Kier alpha value is -2.74. The van der Waals surface area contributed by atoms with Gasteiger partial charge in [0.05, 0.1) is 32.5 Å². The fourth-order valence-electron chi connectivity index (χ4n) is 4.35. The van der Waals surface area contributed by atoms with Crippen LogP contribution in [0, 0.1) is 6.92 Å². The molecular formula is C24H19ClN4OS2. The second-order valence-electron chi connectivity index (χ2n) is 7.98. The molecule has 1 amide bonds. The maximum Gasteiger partial charge on any atom is 0.264 e. The Kier molecular flexibility index (Phi) is 4.78. The van der Waals surface area contributed by atoms with Gasteiger partial charge in [0.2, 0.25) is 0 Å². The number of fused-ring (bicyclic) bond motifs is 2. The van der Waals surface area contributed by atoms with Gasteiger partial charge in [-0.25, -0.2) is 9.67 Å². The van der Waals surface area contributed by atoms with Crippen molar-refractivity contribution in [1.82, 2.24) is 19.7 Å². The van der Waals surface area contributed by atoms with E-state index in [1.54, 1.807) is 11.3 Å². The number of carbonyl (C=O) groups excluding carboxylic acids is 1.